The normalized spacial score (nSPS) is 14.9. The molecule has 0 spiro atoms. The lowest BCUT2D eigenvalue weighted by Crippen LogP contribution is -2.45. The molecule has 10 heteroatoms. The zero-order valence-electron chi connectivity index (χ0n) is 9.87. The fraction of sp³-hybridized carbons (Fsp3) is 0.600. The number of nitrogens with one attached hydrogen (secondary N) is 1. The smallest absolute Gasteiger partial charge is 0.309 e. The standard InChI is InChI=1S/C10H9Cl2F6NS/c1-2-19-6(4-3-5(11)20-8(4)12)7(9(13,14)15)10(16,17)18/h3,6-7,19H,2H2,1H3. The summed E-state index contributed by atoms with van der Waals surface area (Å²) in [6.07, 6.45) is -10.9. The predicted molar refractivity (Wildman–Crippen MR) is 66.4 cm³/mol. The van der Waals surface area contributed by atoms with Crippen molar-refractivity contribution in [3.63, 3.8) is 0 Å². The fourth-order valence-electron chi connectivity index (χ4n) is 1.76. The molecule has 20 heavy (non-hydrogen) atoms. The molecule has 0 aliphatic carbocycles. The monoisotopic (exact) mass is 359 g/mol. The summed E-state index contributed by atoms with van der Waals surface area (Å²) in [7, 11) is 0. The molecule has 1 rings (SSSR count). The molecule has 0 amide bonds. The van der Waals surface area contributed by atoms with Crippen LogP contribution in [0.2, 0.25) is 8.67 Å². The van der Waals surface area contributed by atoms with Crippen molar-refractivity contribution >= 4 is 34.5 Å². The maximum absolute atomic E-state index is 12.8. The molecule has 0 radical (unpaired) electrons. The van der Waals surface area contributed by atoms with Gasteiger partial charge in [0, 0.05) is 5.56 Å². The molecule has 1 N–H and O–H groups in total. The zero-order chi connectivity index (χ0) is 15.7. The first-order valence-corrected chi connectivity index (χ1v) is 6.87. The van der Waals surface area contributed by atoms with Crippen LogP contribution in [-0.2, 0) is 0 Å². The number of alkyl halides is 6. The Bertz CT molecular complexity index is 442. The Hall–Kier alpha value is -0.180. The molecule has 1 atom stereocenters. The molecule has 116 valence electrons. The zero-order valence-corrected chi connectivity index (χ0v) is 12.2. The Balaban J connectivity index is 3.32. The summed E-state index contributed by atoms with van der Waals surface area (Å²) in [6, 6.07) is -1.01. The van der Waals surface area contributed by atoms with Gasteiger partial charge in [-0.25, -0.2) is 0 Å². The number of thiophene rings is 1. The third kappa shape index (κ3) is 4.16. The van der Waals surface area contributed by atoms with E-state index in [9.17, 15) is 26.3 Å². The number of halogens is 8. The van der Waals surface area contributed by atoms with Gasteiger partial charge in [-0.3, -0.25) is 0 Å². The van der Waals surface area contributed by atoms with Gasteiger partial charge in [-0.15, -0.1) is 11.3 Å². The van der Waals surface area contributed by atoms with Crippen molar-refractivity contribution in [3.8, 4) is 0 Å². The molecule has 0 bridgehead atoms. The fourth-order valence-corrected chi connectivity index (χ4v) is 3.31. The van der Waals surface area contributed by atoms with Crippen LogP contribution in [0.5, 0.6) is 0 Å². The van der Waals surface area contributed by atoms with Gasteiger partial charge in [0.1, 0.15) is 0 Å². The van der Waals surface area contributed by atoms with Crippen molar-refractivity contribution < 1.29 is 26.3 Å². The van der Waals surface area contributed by atoms with Crippen molar-refractivity contribution in [2.45, 2.75) is 25.3 Å². The average Bonchev–Trinajstić information content (AvgIpc) is 2.52. The largest absolute Gasteiger partial charge is 0.402 e. The number of hydrogen-bond donors (Lipinski definition) is 1. The maximum atomic E-state index is 12.8. The molecule has 1 nitrogen and oxygen atoms in total. The van der Waals surface area contributed by atoms with Gasteiger partial charge in [0.2, 0.25) is 0 Å². The highest BCUT2D eigenvalue weighted by Crippen LogP contribution is 2.49. The van der Waals surface area contributed by atoms with Gasteiger partial charge >= 0.3 is 12.4 Å². The topological polar surface area (TPSA) is 12.0 Å². The minimum absolute atomic E-state index is 0.0241. The Labute approximate surface area is 124 Å². The molecule has 1 aromatic rings. The lowest BCUT2D eigenvalue weighted by molar-refractivity contribution is -0.292. The second-order valence-corrected chi connectivity index (χ2v) is 6.16. The number of rotatable bonds is 4. The molecule has 0 aliphatic heterocycles. The maximum Gasteiger partial charge on any atom is 0.402 e. The first kappa shape index (κ1) is 17.9. The number of hydrogen-bond acceptors (Lipinski definition) is 2. The third-order valence-corrected chi connectivity index (χ3v) is 4.00. The molecule has 0 aromatic carbocycles. The van der Waals surface area contributed by atoms with E-state index in [2.05, 4.69) is 5.32 Å². The van der Waals surface area contributed by atoms with E-state index >= 15 is 0 Å². The van der Waals surface area contributed by atoms with E-state index in [1.54, 1.807) is 0 Å². The van der Waals surface area contributed by atoms with Crippen molar-refractivity contribution in [2.75, 3.05) is 6.54 Å². The molecule has 1 heterocycles. The highest BCUT2D eigenvalue weighted by Gasteiger charge is 2.60. The van der Waals surface area contributed by atoms with Crippen molar-refractivity contribution in [3.05, 3.63) is 20.3 Å². The van der Waals surface area contributed by atoms with Gasteiger partial charge in [-0.05, 0) is 12.6 Å². The Morgan fingerprint density at radius 1 is 1.15 bits per heavy atom. The molecule has 1 aromatic heterocycles. The van der Waals surface area contributed by atoms with Crippen LogP contribution >= 0.6 is 34.5 Å². The summed E-state index contributed by atoms with van der Waals surface area (Å²) < 4.78 is 76.5. The van der Waals surface area contributed by atoms with Gasteiger partial charge in [0.25, 0.3) is 0 Å². The van der Waals surface area contributed by atoms with Gasteiger partial charge < -0.3 is 5.32 Å². The summed E-state index contributed by atoms with van der Waals surface area (Å²) in [4.78, 5) is 0. The van der Waals surface area contributed by atoms with Crippen LogP contribution in [0.1, 0.15) is 18.5 Å². The lowest BCUT2D eigenvalue weighted by Gasteiger charge is -2.31. The molecular formula is C10H9Cl2F6NS. The van der Waals surface area contributed by atoms with E-state index in [0.29, 0.717) is 0 Å². The summed E-state index contributed by atoms with van der Waals surface area (Å²) in [6.45, 7) is 1.32. The first-order chi connectivity index (χ1) is 8.98. The predicted octanol–water partition coefficient (Wildman–Crippen LogP) is 5.45. The van der Waals surface area contributed by atoms with Gasteiger partial charge in [0.05, 0.1) is 14.7 Å². The second-order valence-electron chi connectivity index (χ2n) is 3.88. The summed E-state index contributed by atoms with van der Waals surface area (Å²) >= 11 is 12.0. The SMILES string of the molecule is CCNC(c1cc(Cl)sc1Cl)C(C(F)(F)F)C(F)(F)F. The van der Waals surface area contributed by atoms with E-state index in [1.165, 1.54) is 6.92 Å². The summed E-state index contributed by atoms with van der Waals surface area (Å²) in [5, 5.41) is 2.19. The van der Waals surface area contributed by atoms with E-state index in [4.69, 9.17) is 23.2 Å². The van der Waals surface area contributed by atoms with Gasteiger partial charge in [-0.2, -0.15) is 26.3 Å². The Morgan fingerprint density at radius 3 is 1.95 bits per heavy atom. The highest BCUT2D eigenvalue weighted by molar-refractivity contribution is 7.20. The quantitative estimate of drug-likeness (QED) is 0.705. The van der Waals surface area contributed by atoms with Crippen LogP contribution in [-0.4, -0.2) is 18.9 Å². The van der Waals surface area contributed by atoms with E-state index in [1.807, 2.05) is 0 Å². The molecule has 0 saturated carbocycles. The summed E-state index contributed by atoms with van der Waals surface area (Å²) in [5.74, 6) is -3.56. The Morgan fingerprint density at radius 2 is 1.65 bits per heavy atom. The van der Waals surface area contributed by atoms with Crippen molar-refractivity contribution in [1.29, 1.82) is 0 Å². The van der Waals surface area contributed by atoms with E-state index in [0.717, 1.165) is 17.4 Å². The lowest BCUT2D eigenvalue weighted by atomic mass is 9.93. The minimum atomic E-state index is -5.46. The van der Waals surface area contributed by atoms with Crippen molar-refractivity contribution in [1.82, 2.24) is 5.32 Å². The average molecular weight is 360 g/mol. The Kier molecular flexibility index (Phi) is 5.62. The second kappa shape index (κ2) is 6.29. The van der Waals surface area contributed by atoms with Crippen LogP contribution in [0, 0.1) is 5.92 Å². The summed E-state index contributed by atoms with van der Waals surface area (Å²) in [5.41, 5.74) is -0.303. The van der Waals surface area contributed by atoms with Crippen LogP contribution in [0.3, 0.4) is 0 Å². The molecule has 1 unspecified atom stereocenters. The third-order valence-electron chi connectivity index (χ3n) is 2.48. The molecule has 0 fully saturated rings. The van der Waals surface area contributed by atoms with E-state index < -0.39 is 24.3 Å². The van der Waals surface area contributed by atoms with Crippen LogP contribution in [0.25, 0.3) is 0 Å². The van der Waals surface area contributed by atoms with Gasteiger partial charge in [-0.1, -0.05) is 30.1 Å². The highest BCUT2D eigenvalue weighted by atomic mass is 35.5. The van der Waals surface area contributed by atoms with Crippen molar-refractivity contribution in [2.24, 2.45) is 5.92 Å². The molecule has 0 aliphatic rings. The molecular weight excluding hydrogens is 351 g/mol. The van der Waals surface area contributed by atoms with Crippen LogP contribution in [0.4, 0.5) is 26.3 Å². The van der Waals surface area contributed by atoms with E-state index in [-0.39, 0.29) is 20.8 Å². The first-order valence-electron chi connectivity index (χ1n) is 5.30. The van der Waals surface area contributed by atoms with Gasteiger partial charge in [0.15, 0.2) is 5.92 Å². The minimum Gasteiger partial charge on any atom is -0.309 e. The van der Waals surface area contributed by atoms with Crippen LogP contribution < -0.4 is 5.32 Å². The van der Waals surface area contributed by atoms with Crippen LogP contribution in [0.15, 0.2) is 6.07 Å². The molecule has 0 saturated heterocycles.